The standard InChI is InChI=1S/C18H18N2O3/c1-12(14-7-8-16(22-2)17(10-14)23-3)20-18(21)15-6-4-5-13(9-15)11-19/h4-10,12H,1-3H3,(H,20,21). The summed E-state index contributed by atoms with van der Waals surface area (Å²) in [6.07, 6.45) is 0. The van der Waals surface area contributed by atoms with Crippen molar-refractivity contribution in [3.05, 3.63) is 59.2 Å². The number of amides is 1. The second kappa shape index (κ2) is 7.32. The third kappa shape index (κ3) is 3.80. The molecule has 1 unspecified atom stereocenters. The lowest BCUT2D eigenvalue weighted by Crippen LogP contribution is -2.26. The van der Waals surface area contributed by atoms with Gasteiger partial charge in [0.25, 0.3) is 5.91 Å². The molecule has 0 aliphatic carbocycles. The van der Waals surface area contributed by atoms with Crippen molar-refractivity contribution >= 4 is 5.91 Å². The van der Waals surface area contributed by atoms with Gasteiger partial charge in [0, 0.05) is 5.56 Å². The van der Waals surface area contributed by atoms with Gasteiger partial charge in [0.15, 0.2) is 11.5 Å². The lowest BCUT2D eigenvalue weighted by atomic mass is 10.1. The van der Waals surface area contributed by atoms with Crippen LogP contribution in [0.4, 0.5) is 0 Å². The Kier molecular flexibility index (Phi) is 5.21. The molecule has 0 saturated carbocycles. The fourth-order valence-electron chi connectivity index (χ4n) is 2.22. The van der Waals surface area contributed by atoms with Crippen molar-refractivity contribution < 1.29 is 14.3 Å². The van der Waals surface area contributed by atoms with Gasteiger partial charge >= 0.3 is 0 Å². The summed E-state index contributed by atoms with van der Waals surface area (Å²) < 4.78 is 10.5. The Hall–Kier alpha value is -3.00. The number of carbonyl (C=O) groups excluding carboxylic acids is 1. The summed E-state index contributed by atoms with van der Waals surface area (Å²) in [6, 6.07) is 13.9. The molecule has 5 heteroatoms. The van der Waals surface area contributed by atoms with Gasteiger partial charge in [-0.25, -0.2) is 0 Å². The third-order valence-corrected chi connectivity index (χ3v) is 3.51. The Morgan fingerprint density at radius 3 is 2.52 bits per heavy atom. The smallest absolute Gasteiger partial charge is 0.251 e. The highest BCUT2D eigenvalue weighted by Gasteiger charge is 2.14. The molecule has 0 radical (unpaired) electrons. The summed E-state index contributed by atoms with van der Waals surface area (Å²) in [7, 11) is 3.14. The quantitative estimate of drug-likeness (QED) is 0.921. The molecule has 2 aromatic carbocycles. The molecule has 0 heterocycles. The number of methoxy groups -OCH3 is 2. The first-order valence-corrected chi connectivity index (χ1v) is 7.12. The van der Waals surface area contributed by atoms with E-state index >= 15 is 0 Å². The fourth-order valence-corrected chi connectivity index (χ4v) is 2.22. The van der Waals surface area contributed by atoms with Crippen molar-refractivity contribution in [2.75, 3.05) is 14.2 Å². The van der Waals surface area contributed by atoms with Gasteiger partial charge in [-0.15, -0.1) is 0 Å². The zero-order valence-corrected chi connectivity index (χ0v) is 13.3. The van der Waals surface area contributed by atoms with E-state index in [-0.39, 0.29) is 11.9 Å². The first kappa shape index (κ1) is 16.4. The Balaban J connectivity index is 2.16. The van der Waals surface area contributed by atoms with Crippen molar-refractivity contribution in [2.45, 2.75) is 13.0 Å². The number of rotatable bonds is 5. The van der Waals surface area contributed by atoms with Gasteiger partial charge in [0.05, 0.1) is 31.9 Å². The predicted molar refractivity (Wildman–Crippen MR) is 86.6 cm³/mol. The molecule has 0 fully saturated rings. The number of hydrogen-bond acceptors (Lipinski definition) is 4. The molecule has 2 aromatic rings. The molecule has 1 atom stereocenters. The Morgan fingerprint density at radius 2 is 1.87 bits per heavy atom. The largest absolute Gasteiger partial charge is 0.493 e. The molecular weight excluding hydrogens is 292 g/mol. The Bertz CT molecular complexity index is 750. The average molecular weight is 310 g/mol. The van der Waals surface area contributed by atoms with Crippen LogP contribution in [0, 0.1) is 11.3 Å². The molecule has 0 bridgehead atoms. The third-order valence-electron chi connectivity index (χ3n) is 3.51. The van der Waals surface area contributed by atoms with Gasteiger partial charge < -0.3 is 14.8 Å². The van der Waals surface area contributed by atoms with Gasteiger partial charge in [-0.05, 0) is 42.8 Å². The van der Waals surface area contributed by atoms with E-state index in [0.717, 1.165) is 5.56 Å². The fraction of sp³-hybridized carbons (Fsp3) is 0.222. The Morgan fingerprint density at radius 1 is 1.13 bits per heavy atom. The zero-order valence-electron chi connectivity index (χ0n) is 13.3. The minimum atomic E-state index is -0.232. The maximum atomic E-state index is 12.3. The topological polar surface area (TPSA) is 71.3 Å². The second-order valence-corrected chi connectivity index (χ2v) is 5.00. The molecule has 1 N–H and O–H groups in total. The maximum Gasteiger partial charge on any atom is 0.251 e. The SMILES string of the molecule is COc1ccc(C(C)NC(=O)c2cccc(C#N)c2)cc1OC. The van der Waals surface area contributed by atoms with Crippen LogP contribution in [0.5, 0.6) is 11.5 Å². The maximum absolute atomic E-state index is 12.3. The number of benzene rings is 2. The van der Waals surface area contributed by atoms with E-state index in [1.165, 1.54) is 0 Å². The number of carbonyl (C=O) groups is 1. The minimum Gasteiger partial charge on any atom is -0.493 e. The van der Waals surface area contributed by atoms with E-state index < -0.39 is 0 Å². The summed E-state index contributed by atoms with van der Waals surface area (Å²) in [6.45, 7) is 1.88. The number of nitrogens with zero attached hydrogens (tertiary/aromatic N) is 1. The van der Waals surface area contributed by atoms with E-state index in [1.54, 1.807) is 44.6 Å². The molecule has 0 aliphatic rings. The molecule has 2 rings (SSSR count). The number of nitrogens with one attached hydrogen (secondary N) is 1. The van der Waals surface area contributed by atoms with Crippen LogP contribution in [0.1, 0.15) is 34.5 Å². The molecular formula is C18H18N2O3. The van der Waals surface area contributed by atoms with Crippen molar-refractivity contribution in [1.82, 2.24) is 5.32 Å². The Labute approximate surface area is 135 Å². The van der Waals surface area contributed by atoms with Gasteiger partial charge in [-0.1, -0.05) is 12.1 Å². The van der Waals surface area contributed by atoms with Gasteiger partial charge in [0.2, 0.25) is 0 Å². The highest BCUT2D eigenvalue weighted by molar-refractivity contribution is 5.94. The van der Waals surface area contributed by atoms with Crippen LogP contribution < -0.4 is 14.8 Å². The summed E-state index contributed by atoms with van der Waals surface area (Å²) in [5, 5.41) is 11.8. The molecule has 5 nitrogen and oxygen atoms in total. The van der Waals surface area contributed by atoms with Crippen LogP contribution in [-0.4, -0.2) is 20.1 Å². The van der Waals surface area contributed by atoms with E-state index in [9.17, 15) is 4.79 Å². The van der Waals surface area contributed by atoms with E-state index in [2.05, 4.69) is 5.32 Å². The molecule has 118 valence electrons. The molecule has 0 saturated heterocycles. The molecule has 0 spiro atoms. The number of nitriles is 1. The number of ether oxygens (including phenoxy) is 2. The zero-order chi connectivity index (χ0) is 16.8. The van der Waals surface area contributed by atoms with Gasteiger partial charge in [-0.2, -0.15) is 5.26 Å². The van der Waals surface area contributed by atoms with Gasteiger partial charge in [-0.3, -0.25) is 4.79 Å². The summed E-state index contributed by atoms with van der Waals surface area (Å²) in [4.78, 5) is 12.3. The van der Waals surface area contributed by atoms with Crippen molar-refractivity contribution in [1.29, 1.82) is 5.26 Å². The summed E-state index contributed by atoms with van der Waals surface area (Å²) in [5.41, 5.74) is 1.81. The van der Waals surface area contributed by atoms with Crippen molar-refractivity contribution in [3.63, 3.8) is 0 Å². The summed E-state index contributed by atoms with van der Waals surface area (Å²) in [5.74, 6) is 1.01. The van der Waals surface area contributed by atoms with Crippen LogP contribution in [0.15, 0.2) is 42.5 Å². The molecule has 0 aromatic heterocycles. The first-order chi connectivity index (χ1) is 11.1. The highest BCUT2D eigenvalue weighted by Crippen LogP contribution is 2.29. The van der Waals surface area contributed by atoms with Crippen LogP contribution in [0.25, 0.3) is 0 Å². The van der Waals surface area contributed by atoms with Crippen LogP contribution in [0.3, 0.4) is 0 Å². The lowest BCUT2D eigenvalue weighted by Gasteiger charge is -2.16. The summed E-state index contributed by atoms with van der Waals surface area (Å²) >= 11 is 0. The van der Waals surface area contributed by atoms with Crippen molar-refractivity contribution in [2.24, 2.45) is 0 Å². The number of hydrogen-bond donors (Lipinski definition) is 1. The first-order valence-electron chi connectivity index (χ1n) is 7.12. The molecule has 0 aliphatic heterocycles. The van der Waals surface area contributed by atoms with Crippen LogP contribution in [0.2, 0.25) is 0 Å². The van der Waals surface area contributed by atoms with E-state index in [0.29, 0.717) is 22.6 Å². The van der Waals surface area contributed by atoms with Crippen LogP contribution >= 0.6 is 0 Å². The van der Waals surface area contributed by atoms with E-state index in [4.69, 9.17) is 14.7 Å². The van der Waals surface area contributed by atoms with Gasteiger partial charge in [0.1, 0.15) is 0 Å². The van der Waals surface area contributed by atoms with E-state index in [1.807, 2.05) is 25.1 Å². The predicted octanol–water partition coefficient (Wildman–Crippen LogP) is 3.07. The monoisotopic (exact) mass is 310 g/mol. The second-order valence-electron chi connectivity index (χ2n) is 5.00. The lowest BCUT2D eigenvalue weighted by molar-refractivity contribution is 0.0940. The molecule has 23 heavy (non-hydrogen) atoms. The van der Waals surface area contributed by atoms with Crippen LogP contribution in [-0.2, 0) is 0 Å². The van der Waals surface area contributed by atoms with Crippen molar-refractivity contribution in [3.8, 4) is 17.6 Å². The highest BCUT2D eigenvalue weighted by atomic mass is 16.5. The molecule has 1 amide bonds. The normalized spacial score (nSPS) is 11.2. The average Bonchev–Trinajstić information content (AvgIpc) is 2.60. The minimum absolute atomic E-state index is 0.215.